The maximum Gasteiger partial charge on any atom is 0.237 e. The summed E-state index contributed by atoms with van der Waals surface area (Å²) in [7, 11) is 0. The lowest BCUT2D eigenvalue weighted by molar-refractivity contribution is -0.125. The van der Waals surface area contributed by atoms with Crippen LogP contribution in [-0.2, 0) is 9.59 Å². The Bertz CT molecular complexity index is 187. The summed E-state index contributed by atoms with van der Waals surface area (Å²) < 4.78 is 0. The number of primary amides is 1. The third-order valence-corrected chi connectivity index (χ3v) is 2.05. The molecule has 0 aromatic heterocycles. The van der Waals surface area contributed by atoms with Crippen LogP contribution in [0.2, 0.25) is 0 Å². The molecule has 5 N–H and O–H groups in total. The van der Waals surface area contributed by atoms with Crippen molar-refractivity contribution in [3.8, 4) is 0 Å². The number of hydrogen-bond donors (Lipinski definition) is 3. The molecule has 1 atom stereocenters. The van der Waals surface area contributed by atoms with Gasteiger partial charge in [-0.25, -0.2) is 0 Å². The fourth-order valence-corrected chi connectivity index (χ4v) is 1.17. The summed E-state index contributed by atoms with van der Waals surface area (Å²) in [6, 6.07) is -0.549. The van der Waals surface area contributed by atoms with E-state index in [0.29, 0.717) is 6.42 Å². The summed E-state index contributed by atoms with van der Waals surface area (Å²) in [5.74, 6) is -0.0659. The lowest BCUT2D eigenvalue weighted by atomic mass is 10.2. The molecule has 13 heavy (non-hydrogen) atoms. The molecule has 0 heterocycles. The minimum Gasteiger partial charge on any atom is -0.368 e. The van der Waals surface area contributed by atoms with Gasteiger partial charge in [-0.3, -0.25) is 9.59 Å². The van der Waals surface area contributed by atoms with Gasteiger partial charge in [0.15, 0.2) is 0 Å². The number of rotatable bonds is 6. The third kappa shape index (κ3) is 6.41. The first-order valence-corrected chi connectivity index (χ1v) is 5.28. The van der Waals surface area contributed by atoms with E-state index in [1.165, 1.54) is 0 Å². The Balaban J connectivity index is 3.63. The average molecular weight is 205 g/mol. The highest BCUT2D eigenvalue weighted by atomic mass is 32.2. The van der Waals surface area contributed by atoms with Gasteiger partial charge in [0.1, 0.15) is 0 Å². The van der Waals surface area contributed by atoms with Crippen LogP contribution in [-0.4, -0.2) is 36.4 Å². The Morgan fingerprint density at radius 1 is 1.54 bits per heavy atom. The standard InChI is InChI=1S/C7H15N3O2S/c1-13-3-2-5(8)7(12)10-4-6(9)11/h5H,2-4,8H2,1H3,(H2,9,11)(H,10,12)/t5-/m1/s1. The smallest absolute Gasteiger partial charge is 0.237 e. The van der Waals surface area contributed by atoms with Gasteiger partial charge < -0.3 is 16.8 Å². The summed E-state index contributed by atoms with van der Waals surface area (Å²) in [5.41, 5.74) is 10.4. The predicted octanol–water partition coefficient (Wildman–Crippen LogP) is -1.33. The number of carbonyl (C=O) groups is 2. The molecule has 0 rings (SSSR count). The van der Waals surface area contributed by atoms with Crippen molar-refractivity contribution in [3.63, 3.8) is 0 Å². The van der Waals surface area contributed by atoms with E-state index in [9.17, 15) is 9.59 Å². The lowest BCUT2D eigenvalue weighted by Gasteiger charge is -2.09. The van der Waals surface area contributed by atoms with Crippen molar-refractivity contribution in [2.45, 2.75) is 12.5 Å². The summed E-state index contributed by atoms with van der Waals surface area (Å²) in [6.07, 6.45) is 2.54. The van der Waals surface area contributed by atoms with Crippen molar-refractivity contribution in [2.75, 3.05) is 18.6 Å². The van der Waals surface area contributed by atoms with Crippen LogP contribution in [0.1, 0.15) is 6.42 Å². The normalized spacial score (nSPS) is 12.2. The first-order valence-electron chi connectivity index (χ1n) is 3.88. The minimum absolute atomic E-state index is 0.147. The van der Waals surface area contributed by atoms with E-state index in [-0.39, 0.29) is 12.5 Å². The molecule has 0 aliphatic rings. The highest BCUT2D eigenvalue weighted by Crippen LogP contribution is 1.98. The van der Waals surface area contributed by atoms with Crippen molar-refractivity contribution in [1.29, 1.82) is 0 Å². The average Bonchev–Trinajstić information content (AvgIpc) is 2.10. The van der Waals surface area contributed by atoms with Crippen LogP contribution in [0, 0.1) is 0 Å². The van der Waals surface area contributed by atoms with Crippen molar-refractivity contribution in [1.82, 2.24) is 5.32 Å². The SMILES string of the molecule is CSCC[C@@H](N)C(=O)NCC(N)=O. The number of thioether (sulfide) groups is 1. The van der Waals surface area contributed by atoms with Crippen molar-refractivity contribution < 1.29 is 9.59 Å². The van der Waals surface area contributed by atoms with Crippen LogP contribution >= 0.6 is 11.8 Å². The minimum atomic E-state index is -0.564. The number of nitrogens with one attached hydrogen (secondary N) is 1. The molecule has 0 saturated heterocycles. The van der Waals surface area contributed by atoms with Gasteiger partial charge in [0.25, 0.3) is 0 Å². The number of amides is 2. The largest absolute Gasteiger partial charge is 0.368 e. The monoisotopic (exact) mass is 205 g/mol. The zero-order chi connectivity index (χ0) is 10.3. The first-order chi connectivity index (χ1) is 6.07. The maximum atomic E-state index is 11.1. The second kappa shape index (κ2) is 6.73. The van der Waals surface area contributed by atoms with Gasteiger partial charge in [-0.1, -0.05) is 0 Å². The summed E-state index contributed by atoms with van der Waals surface area (Å²) in [6.45, 7) is -0.147. The van der Waals surface area contributed by atoms with E-state index in [4.69, 9.17) is 11.5 Å². The molecule has 0 aromatic rings. The van der Waals surface area contributed by atoms with Crippen LogP contribution in [0.5, 0.6) is 0 Å². The Hall–Kier alpha value is -0.750. The number of carbonyl (C=O) groups excluding carboxylic acids is 2. The van der Waals surface area contributed by atoms with Crippen LogP contribution in [0.25, 0.3) is 0 Å². The Morgan fingerprint density at radius 2 is 2.15 bits per heavy atom. The van der Waals surface area contributed by atoms with Crippen molar-refractivity contribution in [3.05, 3.63) is 0 Å². The molecule has 0 aliphatic carbocycles. The Labute approximate surface area is 81.6 Å². The summed E-state index contributed by atoms with van der Waals surface area (Å²) >= 11 is 1.62. The van der Waals surface area contributed by atoms with Crippen LogP contribution in [0.3, 0.4) is 0 Å². The quantitative estimate of drug-likeness (QED) is 0.500. The molecule has 0 bridgehead atoms. The van der Waals surface area contributed by atoms with Gasteiger partial charge in [0, 0.05) is 0 Å². The van der Waals surface area contributed by atoms with E-state index < -0.39 is 11.9 Å². The maximum absolute atomic E-state index is 11.1. The molecule has 76 valence electrons. The van der Waals surface area contributed by atoms with Crippen LogP contribution < -0.4 is 16.8 Å². The third-order valence-electron chi connectivity index (χ3n) is 1.41. The second-order valence-corrected chi connectivity index (χ2v) is 3.56. The van der Waals surface area contributed by atoms with Gasteiger partial charge in [0.2, 0.25) is 11.8 Å². The molecule has 0 aliphatic heterocycles. The van der Waals surface area contributed by atoms with Gasteiger partial charge in [0.05, 0.1) is 12.6 Å². The summed E-state index contributed by atoms with van der Waals surface area (Å²) in [5, 5.41) is 2.34. The van der Waals surface area contributed by atoms with Gasteiger partial charge >= 0.3 is 0 Å². The predicted molar refractivity (Wildman–Crippen MR) is 53.2 cm³/mol. The summed E-state index contributed by atoms with van der Waals surface area (Å²) in [4.78, 5) is 21.4. The highest BCUT2D eigenvalue weighted by molar-refractivity contribution is 7.98. The van der Waals surface area contributed by atoms with Crippen LogP contribution in [0.4, 0.5) is 0 Å². The molecule has 0 fully saturated rings. The highest BCUT2D eigenvalue weighted by Gasteiger charge is 2.12. The molecule has 0 radical (unpaired) electrons. The van der Waals surface area contributed by atoms with Gasteiger partial charge in [-0.15, -0.1) is 0 Å². The number of hydrogen-bond acceptors (Lipinski definition) is 4. The lowest BCUT2D eigenvalue weighted by Crippen LogP contribution is -2.44. The topological polar surface area (TPSA) is 98.2 Å². The first kappa shape index (κ1) is 12.2. The zero-order valence-corrected chi connectivity index (χ0v) is 8.39. The molecule has 6 heteroatoms. The fourth-order valence-electron chi connectivity index (χ4n) is 0.681. The molecular formula is C7H15N3O2S. The second-order valence-electron chi connectivity index (χ2n) is 2.57. The van der Waals surface area contributed by atoms with Gasteiger partial charge in [-0.2, -0.15) is 11.8 Å². The molecule has 0 saturated carbocycles. The van der Waals surface area contributed by atoms with E-state index in [1.54, 1.807) is 11.8 Å². The zero-order valence-electron chi connectivity index (χ0n) is 7.58. The van der Waals surface area contributed by atoms with Gasteiger partial charge in [-0.05, 0) is 18.4 Å². The van der Waals surface area contributed by atoms with E-state index in [2.05, 4.69) is 5.32 Å². The van der Waals surface area contributed by atoms with E-state index in [0.717, 1.165) is 5.75 Å². The fraction of sp³-hybridized carbons (Fsp3) is 0.714. The Morgan fingerprint density at radius 3 is 2.62 bits per heavy atom. The Kier molecular flexibility index (Phi) is 6.34. The molecule has 0 aromatic carbocycles. The molecule has 0 unspecified atom stereocenters. The van der Waals surface area contributed by atoms with Crippen molar-refractivity contribution in [2.24, 2.45) is 11.5 Å². The molecule has 0 spiro atoms. The van der Waals surface area contributed by atoms with E-state index >= 15 is 0 Å². The van der Waals surface area contributed by atoms with Crippen LogP contribution in [0.15, 0.2) is 0 Å². The number of nitrogens with two attached hydrogens (primary N) is 2. The molecular weight excluding hydrogens is 190 g/mol. The molecule has 2 amide bonds. The van der Waals surface area contributed by atoms with E-state index in [1.807, 2.05) is 6.26 Å². The van der Waals surface area contributed by atoms with Crippen molar-refractivity contribution >= 4 is 23.6 Å². The molecule has 5 nitrogen and oxygen atoms in total.